The molecule has 8 heteroatoms. The van der Waals surface area contributed by atoms with Gasteiger partial charge in [-0.15, -0.1) is 0 Å². The smallest absolute Gasteiger partial charge is 0.240 e. The molecule has 0 unspecified atom stereocenters. The van der Waals surface area contributed by atoms with E-state index in [-0.39, 0.29) is 17.9 Å². The van der Waals surface area contributed by atoms with E-state index in [1.165, 1.54) is 18.2 Å². The highest BCUT2D eigenvalue weighted by Gasteiger charge is 2.14. The van der Waals surface area contributed by atoms with Gasteiger partial charge in [0.2, 0.25) is 15.9 Å². The van der Waals surface area contributed by atoms with Crippen molar-refractivity contribution in [2.45, 2.75) is 17.7 Å². The van der Waals surface area contributed by atoms with Gasteiger partial charge in [-0.3, -0.25) is 4.79 Å². The lowest BCUT2D eigenvalue weighted by Crippen LogP contribution is -2.25. The van der Waals surface area contributed by atoms with Crippen LogP contribution < -0.4 is 10.5 Å². The topological polar surface area (TPSA) is 89.3 Å². The largest absolute Gasteiger partial charge is 0.370 e. The summed E-state index contributed by atoms with van der Waals surface area (Å²) < 4.78 is 26.6. The maximum Gasteiger partial charge on any atom is 0.240 e. The molecule has 100 valence electrons. The van der Waals surface area contributed by atoms with E-state index in [2.05, 4.69) is 20.7 Å². The van der Waals surface area contributed by atoms with Crippen LogP contribution in [-0.2, 0) is 14.8 Å². The van der Waals surface area contributed by atoms with Crippen molar-refractivity contribution in [1.29, 1.82) is 0 Å². The van der Waals surface area contributed by atoms with Gasteiger partial charge in [0, 0.05) is 17.4 Å². The maximum absolute atomic E-state index is 11.8. The monoisotopic (exact) mass is 354 g/mol. The Balaban J connectivity index is 2.68. The minimum absolute atomic E-state index is 0.109. The number of sulfonamides is 1. The average molecular weight is 356 g/mol. The molecule has 0 bridgehead atoms. The Morgan fingerprint density at radius 3 is 2.67 bits per heavy atom. The fourth-order valence-electron chi connectivity index (χ4n) is 1.20. The third kappa shape index (κ3) is 4.56. The lowest BCUT2D eigenvalue weighted by Gasteiger charge is -2.07. The van der Waals surface area contributed by atoms with Crippen LogP contribution in [0.5, 0.6) is 0 Å². The first kappa shape index (κ1) is 15.4. The number of benzene rings is 1. The van der Waals surface area contributed by atoms with E-state index in [1.54, 1.807) is 0 Å². The number of nitrogens with one attached hydrogen (secondary N) is 1. The molecular formula is C10H12BrClN2O3S. The van der Waals surface area contributed by atoms with Crippen LogP contribution in [0, 0.1) is 0 Å². The van der Waals surface area contributed by atoms with Crippen molar-refractivity contribution < 1.29 is 13.2 Å². The summed E-state index contributed by atoms with van der Waals surface area (Å²) in [7, 11) is -3.59. The molecule has 0 spiro atoms. The van der Waals surface area contributed by atoms with E-state index < -0.39 is 15.9 Å². The Morgan fingerprint density at radius 2 is 2.11 bits per heavy atom. The van der Waals surface area contributed by atoms with Gasteiger partial charge in [0.25, 0.3) is 0 Å². The summed E-state index contributed by atoms with van der Waals surface area (Å²) in [4.78, 5) is 10.6. The maximum atomic E-state index is 11.8. The van der Waals surface area contributed by atoms with Crippen LogP contribution >= 0.6 is 27.5 Å². The standard InChI is InChI=1S/C10H12BrClN2O3S/c11-8-6-7(3-4-9(8)12)18(16,17)14-5-1-2-10(13)15/h3-4,6,14H,1-2,5H2,(H2,13,15). The first-order chi connectivity index (χ1) is 8.33. The van der Waals surface area contributed by atoms with Crippen molar-refractivity contribution in [3.05, 3.63) is 27.7 Å². The zero-order chi connectivity index (χ0) is 13.8. The van der Waals surface area contributed by atoms with Gasteiger partial charge in [-0.2, -0.15) is 0 Å². The molecule has 0 saturated heterocycles. The number of hydrogen-bond acceptors (Lipinski definition) is 3. The molecule has 1 rings (SSSR count). The minimum atomic E-state index is -3.59. The van der Waals surface area contributed by atoms with Crippen LogP contribution in [0.25, 0.3) is 0 Å². The van der Waals surface area contributed by atoms with Gasteiger partial charge in [0.15, 0.2) is 0 Å². The quantitative estimate of drug-likeness (QED) is 0.760. The molecule has 0 radical (unpaired) electrons. The third-order valence-corrected chi connectivity index (χ3v) is 4.77. The molecule has 0 heterocycles. The second-order valence-electron chi connectivity index (χ2n) is 3.54. The van der Waals surface area contributed by atoms with Gasteiger partial charge in [-0.25, -0.2) is 13.1 Å². The van der Waals surface area contributed by atoms with E-state index in [0.717, 1.165) is 0 Å². The fraction of sp³-hybridized carbons (Fsp3) is 0.300. The van der Waals surface area contributed by atoms with E-state index in [0.29, 0.717) is 15.9 Å². The third-order valence-electron chi connectivity index (χ3n) is 2.09. The molecular weight excluding hydrogens is 344 g/mol. The normalized spacial score (nSPS) is 11.4. The number of rotatable bonds is 6. The van der Waals surface area contributed by atoms with Crippen molar-refractivity contribution in [2.75, 3.05) is 6.54 Å². The molecule has 1 aromatic rings. The molecule has 0 aliphatic carbocycles. The molecule has 3 N–H and O–H groups in total. The summed E-state index contributed by atoms with van der Waals surface area (Å²) in [5, 5.41) is 0.433. The van der Waals surface area contributed by atoms with Gasteiger partial charge in [0.1, 0.15) is 0 Å². The molecule has 18 heavy (non-hydrogen) atoms. The van der Waals surface area contributed by atoms with Crippen LogP contribution in [0.1, 0.15) is 12.8 Å². The Hall–Kier alpha value is -0.630. The number of halogens is 2. The molecule has 0 aliphatic rings. The summed E-state index contributed by atoms with van der Waals surface area (Å²) in [5.74, 6) is -0.455. The molecule has 5 nitrogen and oxygen atoms in total. The highest BCUT2D eigenvalue weighted by atomic mass is 79.9. The van der Waals surface area contributed by atoms with Crippen LogP contribution in [-0.4, -0.2) is 20.9 Å². The van der Waals surface area contributed by atoms with Crippen molar-refractivity contribution in [2.24, 2.45) is 5.73 Å². The SMILES string of the molecule is NC(=O)CCCNS(=O)(=O)c1ccc(Cl)c(Br)c1. The van der Waals surface area contributed by atoms with Crippen molar-refractivity contribution in [1.82, 2.24) is 4.72 Å². The number of carbonyl (C=O) groups is 1. The van der Waals surface area contributed by atoms with E-state index in [4.69, 9.17) is 17.3 Å². The Labute approximate surface area is 119 Å². The Kier molecular flexibility index (Phi) is 5.58. The van der Waals surface area contributed by atoms with Crippen molar-refractivity contribution >= 4 is 43.5 Å². The molecule has 0 fully saturated rings. The van der Waals surface area contributed by atoms with Gasteiger partial charge < -0.3 is 5.73 Å². The molecule has 0 atom stereocenters. The lowest BCUT2D eigenvalue weighted by molar-refractivity contribution is -0.118. The molecule has 1 aromatic carbocycles. The Morgan fingerprint density at radius 1 is 1.44 bits per heavy atom. The number of primary amides is 1. The zero-order valence-corrected chi connectivity index (χ0v) is 12.5. The van der Waals surface area contributed by atoms with Crippen molar-refractivity contribution in [3.8, 4) is 0 Å². The zero-order valence-electron chi connectivity index (χ0n) is 9.32. The average Bonchev–Trinajstić information content (AvgIpc) is 2.28. The summed E-state index contributed by atoms with van der Waals surface area (Å²) in [6.07, 6.45) is 0.510. The van der Waals surface area contributed by atoms with Gasteiger partial charge in [-0.05, 0) is 40.5 Å². The Bertz CT molecular complexity index is 548. The molecule has 0 saturated carbocycles. The van der Waals surface area contributed by atoms with Gasteiger partial charge in [0.05, 0.1) is 9.92 Å². The summed E-state index contributed by atoms with van der Waals surface area (Å²) in [6.45, 7) is 0.158. The second kappa shape index (κ2) is 6.51. The first-order valence-electron chi connectivity index (χ1n) is 5.06. The van der Waals surface area contributed by atoms with Crippen LogP contribution in [0.2, 0.25) is 5.02 Å². The molecule has 0 aliphatic heterocycles. The lowest BCUT2D eigenvalue weighted by atomic mass is 10.3. The van der Waals surface area contributed by atoms with Gasteiger partial charge in [-0.1, -0.05) is 11.6 Å². The van der Waals surface area contributed by atoms with E-state index >= 15 is 0 Å². The summed E-state index contributed by atoms with van der Waals surface area (Å²) >= 11 is 8.93. The van der Waals surface area contributed by atoms with Gasteiger partial charge >= 0.3 is 0 Å². The second-order valence-corrected chi connectivity index (χ2v) is 6.57. The molecule has 0 aromatic heterocycles. The van der Waals surface area contributed by atoms with E-state index in [9.17, 15) is 13.2 Å². The number of hydrogen-bond donors (Lipinski definition) is 2. The summed E-state index contributed by atoms with van der Waals surface area (Å²) in [6, 6.07) is 4.31. The minimum Gasteiger partial charge on any atom is -0.370 e. The highest BCUT2D eigenvalue weighted by Crippen LogP contribution is 2.25. The number of amides is 1. The number of nitrogens with two attached hydrogens (primary N) is 1. The van der Waals surface area contributed by atoms with Crippen LogP contribution in [0.15, 0.2) is 27.6 Å². The molecule has 1 amide bonds. The van der Waals surface area contributed by atoms with Crippen molar-refractivity contribution in [3.63, 3.8) is 0 Å². The van der Waals surface area contributed by atoms with E-state index in [1.807, 2.05) is 0 Å². The predicted octanol–water partition coefficient (Wildman–Crippen LogP) is 1.65. The first-order valence-corrected chi connectivity index (χ1v) is 7.71. The highest BCUT2D eigenvalue weighted by molar-refractivity contribution is 9.10. The predicted molar refractivity (Wildman–Crippen MR) is 72.8 cm³/mol. The summed E-state index contributed by atoms with van der Waals surface area (Å²) in [5.41, 5.74) is 4.95. The fourth-order valence-corrected chi connectivity index (χ4v) is 2.94. The van der Waals surface area contributed by atoms with Crippen LogP contribution in [0.3, 0.4) is 0 Å². The van der Waals surface area contributed by atoms with Crippen LogP contribution in [0.4, 0.5) is 0 Å². The number of carbonyl (C=O) groups excluding carboxylic acids is 1.